The second-order valence-electron chi connectivity index (χ2n) is 7.01. The third kappa shape index (κ3) is 3.81. The zero-order chi connectivity index (χ0) is 19.5. The first-order chi connectivity index (χ1) is 13.6. The number of carbonyl (C=O) groups excluding carboxylic acids is 2. The molecule has 28 heavy (non-hydrogen) atoms. The Labute approximate surface area is 169 Å². The molecule has 6 heteroatoms. The van der Waals surface area contributed by atoms with Gasteiger partial charge in [0.25, 0.3) is 11.8 Å². The van der Waals surface area contributed by atoms with Gasteiger partial charge in [0.1, 0.15) is 0 Å². The van der Waals surface area contributed by atoms with E-state index >= 15 is 0 Å². The molecule has 0 unspecified atom stereocenters. The maximum absolute atomic E-state index is 12.3. The maximum Gasteiger partial charge on any atom is 0.261 e. The van der Waals surface area contributed by atoms with Crippen molar-refractivity contribution in [1.82, 2.24) is 9.80 Å². The molecule has 144 valence electrons. The molecule has 0 bridgehead atoms. The van der Waals surface area contributed by atoms with Gasteiger partial charge in [-0.05, 0) is 30.3 Å². The number of rotatable bonds is 5. The van der Waals surface area contributed by atoms with Crippen LogP contribution in [0.4, 0.5) is 5.69 Å². The smallest absolute Gasteiger partial charge is 0.261 e. The van der Waals surface area contributed by atoms with Crippen LogP contribution in [-0.4, -0.2) is 60.9 Å². The van der Waals surface area contributed by atoms with E-state index in [-0.39, 0.29) is 11.8 Å². The minimum Gasteiger partial charge on any atom is -0.369 e. The monoisotopic (exact) mass is 395 g/mol. The van der Waals surface area contributed by atoms with Crippen LogP contribution >= 0.6 is 11.6 Å². The molecule has 2 aliphatic rings. The number of hydrogen-bond donors (Lipinski definition) is 0. The Morgan fingerprint density at radius 3 is 2.11 bits per heavy atom. The molecule has 4 rings (SSSR count). The quantitative estimate of drug-likeness (QED) is 0.575. The molecule has 2 aromatic carbocycles. The van der Waals surface area contributed by atoms with Crippen LogP contribution in [0.1, 0.15) is 20.7 Å². The molecule has 2 aromatic rings. The van der Waals surface area contributed by atoms with E-state index in [2.05, 4.69) is 15.9 Å². The molecule has 2 aliphatic heterocycles. The van der Waals surface area contributed by atoms with Gasteiger partial charge in [0, 0.05) is 50.0 Å². The molecule has 0 saturated carbocycles. The summed E-state index contributed by atoms with van der Waals surface area (Å²) in [4.78, 5) is 30.7. The summed E-state index contributed by atoms with van der Waals surface area (Å²) in [6, 6.07) is 14.9. The average molecular weight is 396 g/mol. The summed E-state index contributed by atoms with van der Waals surface area (Å²) in [5, 5.41) is 0.760. The van der Waals surface area contributed by atoms with Crippen LogP contribution in [0.15, 0.2) is 60.7 Å². The fourth-order valence-electron chi connectivity index (χ4n) is 3.67. The normalized spacial score (nSPS) is 17.6. The molecule has 0 atom stereocenters. The highest BCUT2D eigenvalue weighted by Gasteiger charge is 2.34. The highest BCUT2D eigenvalue weighted by Crippen LogP contribution is 2.22. The molecule has 2 heterocycles. The Balaban J connectivity index is 1.26. The lowest BCUT2D eigenvalue weighted by Gasteiger charge is -2.35. The van der Waals surface area contributed by atoms with Crippen molar-refractivity contribution in [3.8, 4) is 0 Å². The van der Waals surface area contributed by atoms with Gasteiger partial charge in [0.2, 0.25) is 0 Å². The number of hydrogen-bond acceptors (Lipinski definition) is 4. The predicted octanol–water partition coefficient (Wildman–Crippen LogP) is 3.31. The van der Waals surface area contributed by atoms with Crippen molar-refractivity contribution in [3.05, 3.63) is 76.8 Å². The van der Waals surface area contributed by atoms with Gasteiger partial charge in [-0.15, -0.1) is 0 Å². The predicted molar refractivity (Wildman–Crippen MR) is 111 cm³/mol. The molecular weight excluding hydrogens is 374 g/mol. The lowest BCUT2D eigenvalue weighted by molar-refractivity contribution is 0.0672. The lowest BCUT2D eigenvalue weighted by atomic mass is 10.1. The molecular formula is C22H22ClN3O2. The number of halogens is 1. The summed E-state index contributed by atoms with van der Waals surface area (Å²) in [5.74, 6) is -0.416. The second kappa shape index (κ2) is 8.17. The highest BCUT2D eigenvalue weighted by molar-refractivity contribution is 6.30. The molecule has 0 radical (unpaired) electrons. The van der Waals surface area contributed by atoms with Gasteiger partial charge in [-0.2, -0.15) is 0 Å². The summed E-state index contributed by atoms with van der Waals surface area (Å²) >= 11 is 6.08. The fourth-order valence-corrected chi connectivity index (χ4v) is 3.85. The van der Waals surface area contributed by atoms with Gasteiger partial charge in [-0.3, -0.25) is 19.4 Å². The zero-order valence-corrected chi connectivity index (χ0v) is 16.3. The first kappa shape index (κ1) is 18.7. The molecule has 0 aromatic heterocycles. The summed E-state index contributed by atoms with van der Waals surface area (Å²) < 4.78 is 0. The molecule has 2 amide bonds. The minimum atomic E-state index is -0.208. The number of benzene rings is 2. The Morgan fingerprint density at radius 2 is 1.46 bits per heavy atom. The number of imide groups is 1. The van der Waals surface area contributed by atoms with Gasteiger partial charge in [-0.25, -0.2) is 0 Å². The molecule has 1 fully saturated rings. The van der Waals surface area contributed by atoms with Crippen LogP contribution in [0.2, 0.25) is 5.02 Å². The average Bonchev–Trinajstić information content (AvgIpc) is 2.96. The summed E-state index contributed by atoms with van der Waals surface area (Å²) in [6.07, 6.45) is 3.95. The first-order valence-electron chi connectivity index (χ1n) is 9.46. The van der Waals surface area contributed by atoms with Crippen LogP contribution in [0, 0.1) is 0 Å². The van der Waals surface area contributed by atoms with E-state index in [1.54, 1.807) is 24.3 Å². The van der Waals surface area contributed by atoms with Gasteiger partial charge in [-0.1, -0.05) is 42.0 Å². The Hall–Kier alpha value is -2.63. The van der Waals surface area contributed by atoms with Crippen molar-refractivity contribution in [2.75, 3.05) is 44.2 Å². The SMILES string of the molecule is O=C1c2ccccc2C(=O)N1CC=CCN1CCN(c2cccc(Cl)c2)CC1. The van der Waals surface area contributed by atoms with Crippen molar-refractivity contribution in [2.45, 2.75) is 0 Å². The minimum absolute atomic E-state index is 0.208. The van der Waals surface area contributed by atoms with Crippen molar-refractivity contribution in [1.29, 1.82) is 0 Å². The van der Waals surface area contributed by atoms with Gasteiger partial charge in [0.05, 0.1) is 11.1 Å². The van der Waals surface area contributed by atoms with Crippen LogP contribution in [-0.2, 0) is 0 Å². The lowest BCUT2D eigenvalue weighted by Crippen LogP contribution is -2.46. The standard InChI is InChI=1S/C22H22ClN3O2/c23-17-6-5-7-18(16-17)25-14-12-24(13-15-25)10-3-4-11-26-21(27)19-8-1-2-9-20(19)22(26)28/h1-9,16H,10-15H2. The Kier molecular flexibility index (Phi) is 5.46. The van der Waals surface area contributed by atoms with E-state index < -0.39 is 0 Å². The summed E-state index contributed by atoms with van der Waals surface area (Å²) in [7, 11) is 0. The Morgan fingerprint density at radius 1 is 0.821 bits per heavy atom. The van der Waals surface area contributed by atoms with E-state index in [0.717, 1.165) is 43.4 Å². The van der Waals surface area contributed by atoms with Crippen LogP contribution in [0.25, 0.3) is 0 Å². The zero-order valence-electron chi connectivity index (χ0n) is 15.6. The van der Waals surface area contributed by atoms with E-state index in [4.69, 9.17) is 11.6 Å². The molecule has 0 aliphatic carbocycles. The first-order valence-corrected chi connectivity index (χ1v) is 9.84. The van der Waals surface area contributed by atoms with Crippen molar-refractivity contribution < 1.29 is 9.59 Å². The topological polar surface area (TPSA) is 43.9 Å². The number of piperazine rings is 1. The van der Waals surface area contributed by atoms with Gasteiger partial charge in [0.15, 0.2) is 0 Å². The third-order valence-electron chi connectivity index (χ3n) is 5.24. The van der Waals surface area contributed by atoms with Crippen molar-refractivity contribution in [2.24, 2.45) is 0 Å². The number of nitrogens with zero attached hydrogens (tertiary/aromatic N) is 3. The number of carbonyl (C=O) groups is 2. The van der Waals surface area contributed by atoms with Crippen LogP contribution in [0.5, 0.6) is 0 Å². The molecule has 0 spiro atoms. The van der Waals surface area contributed by atoms with Gasteiger partial charge < -0.3 is 4.90 Å². The fraction of sp³-hybridized carbons (Fsp3) is 0.273. The largest absolute Gasteiger partial charge is 0.369 e. The van der Waals surface area contributed by atoms with Gasteiger partial charge >= 0.3 is 0 Å². The maximum atomic E-state index is 12.3. The number of fused-ring (bicyclic) bond motifs is 1. The van der Waals surface area contributed by atoms with Crippen molar-refractivity contribution in [3.63, 3.8) is 0 Å². The second-order valence-corrected chi connectivity index (χ2v) is 7.44. The van der Waals surface area contributed by atoms with E-state index in [1.165, 1.54) is 4.90 Å². The molecule has 5 nitrogen and oxygen atoms in total. The molecule has 0 N–H and O–H groups in total. The van der Waals surface area contributed by atoms with E-state index in [9.17, 15) is 9.59 Å². The summed E-state index contributed by atoms with van der Waals surface area (Å²) in [6.45, 7) is 4.95. The van der Waals surface area contributed by atoms with Crippen molar-refractivity contribution >= 4 is 29.1 Å². The van der Waals surface area contributed by atoms with Crippen LogP contribution < -0.4 is 4.90 Å². The number of anilines is 1. The van der Waals surface area contributed by atoms with E-state index in [0.29, 0.717) is 17.7 Å². The molecule has 1 saturated heterocycles. The third-order valence-corrected chi connectivity index (χ3v) is 5.48. The highest BCUT2D eigenvalue weighted by atomic mass is 35.5. The van der Waals surface area contributed by atoms with Crippen LogP contribution in [0.3, 0.4) is 0 Å². The van der Waals surface area contributed by atoms with E-state index in [1.807, 2.05) is 30.4 Å². The Bertz CT molecular complexity index is 885. The number of amides is 2. The summed E-state index contributed by atoms with van der Waals surface area (Å²) in [5.41, 5.74) is 2.16.